The summed E-state index contributed by atoms with van der Waals surface area (Å²) in [6.07, 6.45) is 1.92. The Morgan fingerprint density at radius 3 is 2.62 bits per heavy atom. The maximum atomic E-state index is 13.5. The fraction of sp³-hybridized carbons (Fsp3) is 0.292. The topological polar surface area (TPSA) is 69.9 Å². The van der Waals surface area contributed by atoms with Crippen molar-refractivity contribution in [2.24, 2.45) is 4.99 Å². The van der Waals surface area contributed by atoms with Crippen LogP contribution in [-0.2, 0) is 9.53 Å². The highest BCUT2D eigenvalue weighted by molar-refractivity contribution is 7.11. The summed E-state index contributed by atoms with van der Waals surface area (Å²) >= 11 is 2.89. The molecule has 1 aromatic carbocycles. The number of carbonyl (C=O) groups is 1. The minimum atomic E-state index is -0.621. The number of rotatable bonds is 6. The molecule has 2 aromatic heterocycles. The Labute approximate surface area is 193 Å². The summed E-state index contributed by atoms with van der Waals surface area (Å²) in [6.45, 7) is 7.71. The number of thiazole rings is 1. The molecule has 0 radical (unpaired) electrons. The molecule has 0 amide bonds. The molecule has 0 unspecified atom stereocenters. The Kier molecular flexibility index (Phi) is 6.43. The Morgan fingerprint density at radius 2 is 2.00 bits per heavy atom. The van der Waals surface area contributed by atoms with E-state index in [1.165, 1.54) is 11.3 Å². The Bertz CT molecular complexity index is 1330. The van der Waals surface area contributed by atoms with Gasteiger partial charge in [-0.25, -0.2) is 9.79 Å². The smallest absolute Gasteiger partial charge is 0.338 e. The number of hydrogen-bond donors (Lipinski definition) is 0. The highest BCUT2D eigenvalue weighted by Crippen LogP contribution is 2.31. The van der Waals surface area contributed by atoms with Crippen LogP contribution in [0.1, 0.15) is 44.2 Å². The Balaban J connectivity index is 1.89. The first kappa shape index (κ1) is 22.2. The molecule has 0 saturated heterocycles. The highest BCUT2D eigenvalue weighted by Gasteiger charge is 2.33. The van der Waals surface area contributed by atoms with Crippen LogP contribution in [0.25, 0.3) is 6.08 Å². The van der Waals surface area contributed by atoms with Gasteiger partial charge in [-0.2, -0.15) is 0 Å². The standard InChI is InChI=1S/C24H24N2O4S2/c1-5-29-23(28)20-15(4)25-24-26(22(27)19(32-24)13-18-7-6-12-31-18)21(20)16-8-10-17(11-9-16)30-14(2)3/h6-14,21H,5H2,1-4H3/t21-/m0/s1. The van der Waals surface area contributed by atoms with E-state index in [4.69, 9.17) is 9.47 Å². The van der Waals surface area contributed by atoms with Gasteiger partial charge in [-0.15, -0.1) is 11.3 Å². The van der Waals surface area contributed by atoms with Gasteiger partial charge < -0.3 is 9.47 Å². The molecule has 0 saturated carbocycles. The molecule has 0 spiro atoms. The number of thiophene rings is 1. The second-order valence-electron chi connectivity index (χ2n) is 7.55. The van der Waals surface area contributed by atoms with E-state index >= 15 is 0 Å². The van der Waals surface area contributed by atoms with Crippen LogP contribution in [0.4, 0.5) is 0 Å². The van der Waals surface area contributed by atoms with Crippen LogP contribution in [0.3, 0.4) is 0 Å². The van der Waals surface area contributed by atoms with E-state index in [1.807, 2.05) is 61.7 Å². The number of esters is 1. The minimum Gasteiger partial charge on any atom is -0.491 e. The van der Waals surface area contributed by atoms with Crippen molar-refractivity contribution in [2.75, 3.05) is 6.61 Å². The largest absolute Gasteiger partial charge is 0.491 e. The molecule has 0 N–H and O–H groups in total. The van der Waals surface area contributed by atoms with Crippen molar-refractivity contribution in [2.45, 2.75) is 39.8 Å². The first-order chi connectivity index (χ1) is 15.4. The number of carbonyl (C=O) groups excluding carboxylic acids is 1. The lowest BCUT2D eigenvalue weighted by atomic mass is 9.96. The zero-order valence-corrected chi connectivity index (χ0v) is 20.0. The van der Waals surface area contributed by atoms with Crippen LogP contribution in [0.5, 0.6) is 5.75 Å². The molecule has 166 valence electrons. The van der Waals surface area contributed by atoms with Gasteiger partial charge in [0, 0.05) is 4.88 Å². The second kappa shape index (κ2) is 9.26. The summed E-state index contributed by atoms with van der Waals surface area (Å²) in [4.78, 5) is 32.5. The molecule has 1 aliphatic heterocycles. The number of aromatic nitrogens is 1. The molecule has 0 aliphatic carbocycles. The third-order valence-electron chi connectivity index (χ3n) is 4.90. The average Bonchev–Trinajstić information content (AvgIpc) is 3.36. The quantitative estimate of drug-likeness (QED) is 0.518. The van der Waals surface area contributed by atoms with Crippen LogP contribution in [0.15, 0.2) is 62.8 Å². The van der Waals surface area contributed by atoms with Crippen LogP contribution in [0.2, 0.25) is 0 Å². The number of hydrogen-bond acceptors (Lipinski definition) is 7. The first-order valence-electron chi connectivity index (χ1n) is 10.4. The third-order valence-corrected chi connectivity index (χ3v) is 6.70. The zero-order chi connectivity index (χ0) is 22.8. The summed E-state index contributed by atoms with van der Waals surface area (Å²) < 4.78 is 13.3. The van der Waals surface area contributed by atoms with Gasteiger partial charge >= 0.3 is 5.97 Å². The maximum Gasteiger partial charge on any atom is 0.338 e. The van der Waals surface area contributed by atoms with Gasteiger partial charge in [0.25, 0.3) is 5.56 Å². The van der Waals surface area contributed by atoms with Crippen molar-refractivity contribution in [3.8, 4) is 5.75 Å². The molecule has 1 atom stereocenters. The van der Waals surface area contributed by atoms with Crippen molar-refractivity contribution in [1.29, 1.82) is 0 Å². The monoisotopic (exact) mass is 468 g/mol. The summed E-state index contributed by atoms with van der Waals surface area (Å²) in [7, 11) is 0. The van der Waals surface area contributed by atoms with E-state index in [-0.39, 0.29) is 18.3 Å². The molecule has 3 heterocycles. The Hall–Kier alpha value is -2.97. The van der Waals surface area contributed by atoms with Crippen molar-refractivity contribution in [3.05, 3.63) is 83.2 Å². The SMILES string of the molecule is CCOC(=O)C1=C(C)N=c2sc(=Cc3cccs3)c(=O)n2[C@H]1c1ccc(OC(C)C)cc1. The fourth-order valence-corrected chi connectivity index (χ4v) is 5.38. The molecular weight excluding hydrogens is 444 g/mol. The molecule has 3 aromatic rings. The molecule has 1 aliphatic rings. The summed E-state index contributed by atoms with van der Waals surface area (Å²) in [5, 5.41) is 1.97. The van der Waals surface area contributed by atoms with Gasteiger partial charge in [-0.1, -0.05) is 29.5 Å². The molecular formula is C24H24N2O4S2. The summed E-state index contributed by atoms with van der Waals surface area (Å²) in [5.74, 6) is 0.265. The van der Waals surface area contributed by atoms with E-state index in [0.29, 0.717) is 20.6 Å². The molecule has 8 heteroatoms. The van der Waals surface area contributed by atoms with E-state index in [2.05, 4.69) is 4.99 Å². The fourth-order valence-electron chi connectivity index (χ4n) is 3.61. The lowest BCUT2D eigenvalue weighted by Gasteiger charge is -2.25. The average molecular weight is 469 g/mol. The maximum absolute atomic E-state index is 13.5. The van der Waals surface area contributed by atoms with Gasteiger partial charge in [-0.3, -0.25) is 9.36 Å². The van der Waals surface area contributed by atoms with Gasteiger partial charge in [0.1, 0.15) is 5.75 Å². The predicted octanol–water partition coefficient (Wildman–Crippen LogP) is 3.65. The van der Waals surface area contributed by atoms with E-state index in [1.54, 1.807) is 29.8 Å². The minimum absolute atomic E-state index is 0.0491. The van der Waals surface area contributed by atoms with Crippen LogP contribution < -0.4 is 19.6 Å². The van der Waals surface area contributed by atoms with Crippen molar-refractivity contribution in [1.82, 2.24) is 4.57 Å². The van der Waals surface area contributed by atoms with Crippen molar-refractivity contribution in [3.63, 3.8) is 0 Å². The zero-order valence-electron chi connectivity index (χ0n) is 18.3. The van der Waals surface area contributed by atoms with Gasteiger partial charge in [0.15, 0.2) is 4.80 Å². The molecule has 4 rings (SSSR count). The Morgan fingerprint density at radius 1 is 1.25 bits per heavy atom. The molecule has 0 bridgehead atoms. The van der Waals surface area contributed by atoms with Crippen LogP contribution in [0, 0.1) is 0 Å². The van der Waals surface area contributed by atoms with Crippen LogP contribution in [-0.4, -0.2) is 23.2 Å². The lowest BCUT2D eigenvalue weighted by molar-refractivity contribution is -0.139. The third kappa shape index (κ3) is 4.33. The second-order valence-corrected chi connectivity index (χ2v) is 9.54. The number of benzene rings is 1. The number of allylic oxidation sites excluding steroid dienone is 1. The first-order valence-corrected chi connectivity index (χ1v) is 12.1. The van der Waals surface area contributed by atoms with E-state index < -0.39 is 12.0 Å². The highest BCUT2D eigenvalue weighted by atomic mass is 32.1. The van der Waals surface area contributed by atoms with Gasteiger partial charge in [-0.05, 0) is 62.9 Å². The van der Waals surface area contributed by atoms with Crippen LogP contribution >= 0.6 is 22.7 Å². The van der Waals surface area contributed by atoms with Gasteiger partial charge in [0.05, 0.1) is 34.6 Å². The molecule has 6 nitrogen and oxygen atoms in total. The number of ether oxygens (including phenoxy) is 2. The van der Waals surface area contributed by atoms with E-state index in [0.717, 1.165) is 16.2 Å². The predicted molar refractivity (Wildman–Crippen MR) is 127 cm³/mol. The van der Waals surface area contributed by atoms with Crippen molar-refractivity contribution < 1.29 is 14.3 Å². The van der Waals surface area contributed by atoms with E-state index in [9.17, 15) is 9.59 Å². The van der Waals surface area contributed by atoms with Gasteiger partial charge in [0.2, 0.25) is 0 Å². The summed E-state index contributed by atoms with van der Waals surface area (Å²) in [6, 6.07) is 10.8. The summed E-state index contributed by atoms with van der Waals surface area (Å²) in [5.41, 5.74) is 1.55. The normalized spacial score (nSPS) is 16.2. The molecule has 32 heavy (non-hydrogen) atoms. The number of fused-ring (bicyclic) bond motifs is 1. The number of nitrogens with zero attached hydrogens (tertiary/aromatic N) is 2. The molecule has 0 fully saturated rings. The van der Waals surface area contributed by atoms with Crippen molar-refractivity contribution >= 4 is 34.7 Å². The lowest BCUT2D eigenvalue weighted by Crippen LogP contribution is -2.39.